The molecule has 1 aromatic rings. The first-order valence-electron chi connectivity index (χ1n) is 5.10. The molecule has 2 saturated carbocycles. The van der Waals surface area contributed by atoms with Crippen LogP contribution in [0.15, 0.2) is 10.7 Å². The number of rotatable bonds is 3. The molecule has 3 rings (SSSR count). The molecule has 0 aromatic carbocycles. The first kappa shape index (κ1) is 8.03. The monoisotopic (exact) mass is 192 g/mol. The van der Waals surface area contributed by atoms with Gasteiger partial charge in [0, 0.05) is 12.0 Å². The van der Waals surface area contributed by atoms with Gasteiger partial charge >= 0.3 is 0 Å². The maximum absolute atomic E-state index is 11.7. The lowest BCUT2D eigenvalue weighted by molar-refractivity contribution is 0.0949. The molecule has 0 saturated heterocycles. The van der Waals surface area contributed by atoms with E-state index in [-0.39, 0.29) is 5.91 Å². The minimum Gasteiger partial charge on any atom is -0.360 e. The van der Waals surface area contributed by atoms with E-state index >= 15 is 0 Å². The largest absolute Gasteiger partial charge is 0.360 e. The Morgan fingerprint density at radius 3 is 2.86 bits per heavy atom. The van der Waals surface area contributed by atoms with Gasteiger partial charge in [0.15, 0.2) is 5.76 Å². The SMILES string of the molecule is O=C(NC1CC1)c1cnoc1C1CC1. The molecule has 0 bridgehead atoms. The van der Waals surface area contributed by atoms with Crippen LogP contribution in [0.2, 0.25) is 0 Å². The molecule has 1 N–H and O–H groups in total. The summed E-state index contributed by atoms with van der Waals surface area (Å²) in [6.07, 6.45) is 5.99. The van der Waals surface area contributed by atoms with E-state index in [1.807, 2.05) is 0 Å². The van der Waals surface area contributed by atoms with E-state index < -0.39 is 0 Å². The zero-order chi connectivity index (χ0) is 9.54. The number of hydrogen-bond acceptors (Lipinski definition) is 3. The Morgan fingerprint density at radius 1 is 1.43 bits per heavy atom. The average Bonchev–Trinajstić information content (AvgIpc) is 3.08. The Balaban J connectivity index is 1.79. The molecule has 0 unspecified atom stereocenters. The quantitative estimate of drug-likeness (QED) is 0.788. The van der Waals surface area contributed by atoms with E-state index in [4.69, 9.17) is 4.52 Å². The van der Waals surface area contributed by atoms with Gasteiger partial charge < -0.3 is 9.84 Å². The summed E-state index contributed by atoms with van der Waals surface area (Å²) in [4.78, 5) is 11.7. The molecule has 1 amide bonds. The maximum atomic E-state index is 11.7. The third-order valence-electron chi connectivity index (χ3n) is 2.70. The Bertz CT molecular complexity index is 364. The number of nitrogens with zero attached hydrogens (tertiary/aromatic N) is 1. The van der Waals surface area contributed by atoms with Gasteiger partial charge in [-0.15, -0.1) is 0 Å². The fourth-order valence-electron chi connectivity index (χ4n) is 1.55. The summed E-state index contributed by atoms with van der Waals surface area (Å²) < 4.78 is 5.10. The first-order chi connectivity index (χ1) is 6.84. The summed E-state index contributed by atoms with van der Waals surface area (Å²) >= 11 is 0. The van der Waals surface area contributed by atoms with Gasteiger partial charge in [0.05, 0.1) is 6.20 Å². The summed E-state index contributed by atoms with van der Waals surface area (Å²) in [5.74, 6) is 1.20. The molecule has 1 aromatic heterocycles. The van der Waals surface area contributed by atoms with Gasteiger partial charge in [-0.25, -0.2) is 0 Å². The summed E-state index contributed by atoms with van der Waals surface area (Å²) in [5, 5.41) is 6.64. The predicted octanol–water partition coefficient (Wildman–Crippen LogP) is 1.44. The highest BCUT2D eigenvalue weighted by Crippen LogP contribution is 2.41. The summed E-state index contributed by atoms with van der Waals surface area (Å²) in [5.41, 5.74) is 0.638. The van der Waals surface area contributed by atoms with Crippen molar-refractivity contribution in [1.29, 1.82) is 0 Å². The molecule has 2 aliphatic rings. The number of carbonyl (C=O) groups is 1. The predicted molar refractivity (Wildman–Crippen MR) is 49.0 cm³/mol. The van der Waals surface area contributed by atoms with Crippen LogP contribution in [0.4, 0.5) is 0 Å². The van der Waals surface area contributed by atoms with Gasteiger partial charge in [-0.05, 0) is 25.7 Å². The minimum atomic E-state index is -0.0179. The van der Waals surface area contributed by atoms with Crippen LogP contribution in [0.25, 0.3) is 0 Å². The van der Waals surface area contributed by atoms with Gasteiger partial charge in [-0.1, -0.05) is 5.16 Å². The molecule has 2 fully saturated rings. The molecule has 74 valence electrons. The molecule has 4 heteroatoms. The third kappa shape index (κ3) is 1.41. The molecule has 0 spiro atoms. The first-order valence-corrected chi connectivity index (χ1v) is 5.10. The van der Waals surface area contributed by atoms with Crippen molar-refractivity contribution in [3.63, 3.8) is 0 Å². The number of aromatic nitrogens is 1. The highest BCUT2D eigenvalue weighted by atomic mass is 16.5. The van der Waals surface area contributed by atoms with E-state index in [1.54, 1.807) is 0 Å². The van der Waals surface area contributed by atoms with Gasteiger partial charge in [-0.3, -0.25) is 4.79 Å². The third-order valence-corrected chi connectivity index (χ3v) is 2.70. The number of hydrogen-bond donors (Lipinski definition) is 1. The van der Waals surface area contributed by atoms with E-state index in [0.29, 0.717) is 17.5 Å². The van der Waals surface area contributed by atoms with Crippen molar-refractivity contribution in [2.24, 2.45) is 0 Å². The van der Waals surface area contributed by atoms with Crippen molar-refractivity contribution >= 4 is 5.91 Å². The lowest BCUT2D eigenvalue weighted by Crippen LogP contribution is -2.25. The summed E-state index contributed by atoms with van der Waals surface area (Å²) in [6, 6.07) is 0.393. The van der Waals surface area contributed by atoms with Gasteiger partial charge in [0.2, 0.25) is 0 Å². The van der Waals surface area contributed by atoms with Crippen LogP contribution in [-0.4, -0.2) is 17.1 Å². The van der Waals surface area contributed by atoms with Crippen LogP contribution in [0.5, 0.6) is 0 Å². The van der Waals surface area contributed by atoms with Crippen LogP contribution in [0.1, 0.15) is 47.7 Å². The second-order valence-electron chi connectivity index (χ2n) is 4.13. The molecule has 14 heavy (non-hydrogen) atoms. The molecule has 1 heterocycles. The Kier molecular flexibility index (Phi) is 1.63. The molecular weight excluding hydrogens is 180 g/mol. The average molecular weight is 192 g/mol. The summed E-state index contributed by atoms with van der Waals surface area (Å²) in [7, 11) is 0. The van der Waals surface area contributed by atoms with E-state index in [9.17, 15) is 4.79 Å². The maximum Gasteiger partial charge on any atom is 0.256 e. The van der Waals surface area contributed by atoms with Crippen molar-refractivity contribution in [1.82, 2.24) is 10.5 Å². The Morgan fingerprint density at radius 2 is 2.21 bits per heavy atom. The van der Waals surface area contributed by atoms with Crippen LogP contribution >= 0.6 is 0 Å². The normalized spacial score (nSPS) is 20.9. The van der Waals surface area contributed by atoms with Crippen molar-refractivity contribution in [2.45, 2.75) is 37.6 Å². The topological polar surface area (TPSA) is 55.1 Å². The Hall–Kier alpha value is -1.32. The Labute approximate surface area is 81.7 Å². The zero-order valence-electron chi connectivity index (χ0n) is 7.82. The molecular formula is C10H12N2O2. The van der Waals surface area contributed by atoms with Crippen LogP contribution in [0, 0.1) is 0 Å². The van der Waals surface area contributed by atoms with Crippen LogP contribution in [-0.2, 0) is 0 Å². The lowest BCUT2D eigenvalue weighted by Gasteiger charge is -2.00. The van der Waals surface area contributed by atoms with E-state index in [2.05, 4.69) is 10.5 Å². The zero-order valence-corrected chi connectivity index (χ0v) is 7.82. The molecule has 0 aliphatic heterocycles. The van der Waals surface area contributed by atoms with E-state index in [0.717, 1.165) is 31.4 Å². The van der Waals surface area contributed by atoms with Crippen molar-refractivity contribution in [3.05, 3.63) is 17.5 Å². The molecule has 0 atom stereocenters. The number of carbonyl (C=O) groups excluding carboxylic acids is 1. The second-order valence-corrected chi connectivity index (χ2v) is 4.13. The van der Waals surface area contributed by atoms with Crippen LogP contribution in [0.3, 0.4) is 0 Å². The number of nitrogens with one attached hydrogen (secondary N) is 1. The summed E-state index contributed by atoms with van der Waals surface area (Å²) in [6.45, 7) is 0. The van der Waals surface area contributed by atoms with E-state index in [1.165, 1.54) is 6.20 Å². The molecule has 2 aliphatic carbocycles. The minimum absolute atomic E-state index is 0.0179. The van der Waals surface area contributed by atoms with Gasteiger partial charge in [0.1, 0.15) is 5.56 Å². The van der Waals surface area contributed by atoms with Crippen molar-refractivity contribution in [3.8, 4) is 0 Å². The lowest BCUT2D eigenvalue weighted by atomic mass is 10.2. The van der Waals surface area contributed by atoms with Crippen LogP contribution < -0.4 is 5.32 Å². The fraction of sp³-hybridized carbons (Fsp3) is 0.600. The highest BCUT2D eigenvalue weighted by Gasteiger charge is 2.33. The van der Waals surface area contributed by atoms with Gasteiger partial charge in [0.25, 0.3) is 5.91 Å². The fourth-order valence-corrected chi connectivity index (χ4v) is 1.55. The highest BCUT2D eigenvalue weighted by molar-refractivity contribution is 5.95. The number of amides is 1. The smallest absolute Gasteiger partial charge is 0.256 e. The molecule has 4 nitrogen and oxygen atoms in total. The standard InChI is InChI=1S/C10H12N2O2/c13-10(12-7-3-4-7)8-5-11-14-9(8)6-1-2-6/h5-7H,1-4H2,(H,12,13). The van der Waals surface area contributed by atoms with Gasteiger partial charge in [-0.2, -0.15) is 0 Å². The molecule has 0 radical (unpaired) electrons. The van der Waals surface area contributed by atoms with Crippen molar-refractivity contribution in [2.75, 3.05) is 0 Å². The van der Waals surface area contributed by atoms with Crippen molar-refractivity contribution < 1.29 is 9.32 Å². The second kappa shape index (κ2) is 2.83.